The number of aryl methyl sites for hydroxylation is 1. The lowest BCUT2D eigenvalue weighted by atomic mass is 10.0. The zero-order valence-electron chi connectivity index (χ0n) is 11.6. The van der Waals surface area contributed by atoms with Gasteiger partial charge in [-0.15, -0.1) is 0 Å². The molecular weight excluding hydrogens is 265 g/mol. The van der Waals surface area contributed by atoms with Gasteiger partial charge in [0, 0.05) is 12.1 Å². The van der Waals surface area contributed by atoms with Crippen LogP contribution in [0.25, 0.3) is 0 Å². The molecule has 1 saturated heterocycles. The van der Waals surface area contributed by atoms with Crippen LogP contribution in [-0.4, -0.2) is 24.8 Å². The van der Waals surface area contributed by atoms with E-state index in [2.05, 4.69) is 0 Å². The first-order valence-corrected chi connectivity index (χ1v) is 8.07. The van der Waals surface area contributed by atoms with Gasteiger partial charge in [0.05, 0.1) is 4.90 Å². The minimum atomic E-state index is -3.54. The van der Waals surface area contributed by atoms with Gasteiger partial charge in [0.2, 0.25) is 10.0 Å². The van der Waals surface area contributed by atoms with Crippen molar-refractivity contribution in [3.8, 4) is 0 Å². The highest BCUT2D eigenvalue weighted by atomic mass is 32.2. The Kier molecular flexibility index (Phi) is 3.97. The van der Waals surface area contributed by atoms with Gasteiger partial charge in [-0.3, -0.25) is 0 Å². The molecule has 3 nitrogen and oxygen atoms in total. The molecule has 19 heavy (non-hydrogen) atoms. The third-order valence-corrected chi connectivity index (χ3v) is 6.09. The zero-order valence-corrected chi connectivity index (χ0v) is 12.4. The smallest absolute Gasteiger partial charge is 0.207 e. The predicted octanol–water partition coefficient (Wildman–Crippen LogP) is 3.09. The maximum atomic E-state index is 13.1. The zero-order chi connectivity index (χ0) is 14.2. The van der Waals surface area contributed by atoms with E-state index >= 15 is 0 Å². The molecule has 2 unspecified atom stereocenters. The van der Waals surface area contributed by atoms with Gasteiger partial charge in [0.1, 0.15) is 5.82 Å². The second kappa shape index (κ2) is 5.21. The third kappa shape index (κ3) is 2.67. The molecule has 0 bridgehead atoms. The van der Waals surface area contributed by atoms with E-state index < -0.39 is 15.8 Å². The predicted molar refractivity (Wildman–Crippen MR) is 72.9 cm³/mol. The highest BCUT2D eigenvalue weighted by molar-refractivity contribution is 7.89. The topological polar surface area (TPSA) is 37.4 Å². The van der Waals surface area contributed by atoms with Crippen LogP contribution in [0.3, 0.4) is 0 Å². The average molecular weight is 285 g/mol. The largest absolute Gasteiger partial charge is 0.243 e. The highest BCUT2D eigenvalue weighted by Gasteiger charge is 2.36. The van der Waals surface area contributed by atoms with Crippen molar-refractivity contribution in [2.75, 3.05) is 0 Å². The molecule has 1 aromatic rings. The van der Waals surface area contributed by atoms with Gasteiger partial charge in [0.15, 0.2) is 0 Å². The summed E-state index contributed by atoms with van der Waals surface area (Å²) < 4.78 is 40.2. The Bertz CT molecular complexity index is 561. The van der Waals surface area contributed by atoms with Gasteiger partial charge in [0.25, 0.3) is 0 Å². The van der Waals surface area contributed by atoms with Gasteiger partial charge < -0.3 is 0 Å². The monoisotopic (exact) mass is 285 g/mol. The molecule has 0 saturated carbocycles. The summed E-state index contributed by atoms with van der Waals surface area (Å²) in [5.41, 5.74) is 0.463. The van der Waals surface area contributed by atoms with E-state index in [1.807, 2.05) is 13.8 Å². The number of sulfonamides is 1. The molecule has 0 aliphatic carbocycles. The minimum Gasteiger partial charge on any atom is -0.207 e. The fourth-order valence-corrected chi connectivity index (χ4v) is 4.98. The minimum absolute atomic E-state index is 0.00166. The fraction of sp³-hybridized carbons (Fsp3) is 0.571. The number of piperidine rings is 1. The van der Waals surface area contributed by atoms with Gasteiger partial charge in [-0.25, -0.2) is 12.8 Å². The van der Waals surface area contributed by atoms with Crippen molar-refractivity contribution in [1.29, 1.82) is 0 Å². The van der Waals surface area contributed by atoms with Crippen LogP contribution in [0.2, 0.25) is 0 Å². The molecule has 0 N–H and O–H groups in total. The number of hydrogen-bond donors (Lipinski definition) is 0. The molecule has 2 atom stereocenters. The number of hydrogen-bond acceptors (Lipinski definition) is 2. The van der Waals surface area contributed by atoms with E-state index in [0.29, 0.717) is 5.56 Å². The van der Waals surface area contributed by atoms with Crippen molar-refractivity contribution >= 4 is 10.0 Å². The van der Waals surface area contributed by atoms with Crippen LogP contribution in [0.5, 0.6) is 0 Å². The van der Waals surface area contributed by atoms with Crippen molar-refractivity contribution in [1.82, 2.24) is 4.31 Å². The molecule has 1 aromatic carbocycles. The Balaban J connectivity index is 2.46. The van der Waals surface area contributed by atoms with E-state index in [-0.39, 0.29) is 17.0 Å². The molecule has 0 aromatic heterocycles. The SMILES string of the molecule is Cc1cc(F)ccc1S(=O)(=O)N1C(C)CCCC1C. The normalized spacial score (nSPS) is 25.5. The van der Waals surface area contributed by atoms with Gasteiger partial charge in [-0.05, 0) is 57.4 Å². The molecule has 1 heterocycles. The third-order valence-electron chi connectivity index (χ3n) is 3.81. The Labute approximate surface area is 114 Å². The Hall–Kier alpha value is -0.940. The van der Waals surface area contributed by atoms with Crippen molar-refractivity contribution < 1.29 is 12.8 Å². The molecule has 0 amide bonds. The molecule has 5 heteroatoms. The lowest BCUT2D eigenvalue weighted by Crippen LogP contribution is -2.47. The van der Waals surface area contributed by atoms with Crippen LogP contribution < -0.4 is 0 Å². The van der Waals surface area contributed by atoms with Crippen molar-refractivity contribution in [3.05, 3.63) is 29.6 Å². The summed E-state index contributed by atoms with van der Waals surface area (Å²) in [5.74, 6) is -0.406. The molecular formula is C14H20FNO2S. The number of benzene rings is 1. The number of halogens is 1. The Morgan fingerprint density at radius 3 is 2.32 bits per heavy atom. The Morgan fingerprint density at radius 1 is 1.21 bits per heavy atom. The van der Waals surface area contributed by atoms with Crippen molar-refractivity contribution in [2.24, 2.45) is 0 Å². The van der Waals surface area contributed by atoms with E-state index in [4.69, 9.17) is 0 Å². The molecule has 106 valence electrons. The summed E-state index contributed by atoms with van der Waals surface area (Å²) in [6.07, 6.45) is 2.81. The van der Waals surface area contributed by atoms with Crippen LogP contribution >= 0.6 is 0 Å². The Morgan fingerprint density at radius 2 is 1.79 bits per heavy atom. The summed E-state index contributed by atoms with van der Waals surface area (Å²) in [4.78, 5) is 0.217. The first-order valence-electron chi connectivity index (χ1n) is 6.63. The molecule has 1 aliphatic heterocycles. The van der Waals surface area contributed by atoms with E-state index in [1.165, 1.54) is 18.2 Å². The van der Waals surface area contributed by atoms with Crippen LogP contribution in [0.15, 0.2) is 23.1 Å². The summed E-state index contributed by atoms with van der Waals surface area (Å²) >= 11 is 0. The number of nitrogens with zero attached hydrogens (tertiary/aromatic N) is 1. The van der Waals surface area contributed by atoms with E-state index in [9.17, 15) is 12.8 Å². The first-order chi connectivity index (χ1) is 8.84. The quantitative estimate of drug-likeness (QED) is 0.837. The molecule has 2 rings (SSSR count). The van der Waals surface area contributed by atoms with Crippen molar-refractivity contribution in [3.63, 3.8) is 0 Å². The standard InChI is InChI=1S/C14H20FNO2S/c1-10-9-13(15)7-8-14(10)19(17,18)16-11(2)5-4-6-12(16)3/h7-9,11-12H,4-6H2,1-3H3. The molecule has 1 aliphatic rings. The maximum absolute atomic E-state index is 13.1. The van der Waals surface area contributed by atoms with Crippen LogP contribution in [0, 0.1) is 12.7 Å². The lowest BCUT2D eigenvalue weighted by molar-refractivity contribution is 0.204. The van der Waals surface area contributed by atoms with E-state index in [1.54, 1.807) is 11.2 Å². The second-order valence-corrected chi connectivity index (χ2v) is 7.19. The summed E-state index contributed by atoms with van der Waals surface area (Å²) in [6, 6.07) is 3.84. The van der Waals surface area contributed by atoms with Gasteiger partial charge in [-0.2, -0.15) is 4.31 Å². The van der Waals surface area contributed by atoms with Crippen LogP contribution in [0.1, 0.15) is 38.7 Å². The summed E-state index contributed by atoms with van der Waals surface area (Å²) in [7, 11) is -3.54. The summed E-state index contributed by atoms with van der Waals surface area (Å²) in [6.45, 7) is 5.51. The highest BCUT2D eigenvalue weighted by Crippen LogP contribution is 2.30. The van der Waals surface area contributed by atoms with Crippen molar-refractivity contribution in [2.45, 2.75) is 57.0 Å². The van der Waals surface area contributed by atoms with E-state index in [0.717, 1.165) is 19.3 Å². The average Bonchev–Trinajstić information content (AvgIpc) is 2.27. The molecule has 0 spiro atoms. The van der Waals surface area contributed by atoms with Crippen LogP contribution in [-0.2, 0) is 10.0 Å². The number of rotatable bonds is 2. The fourth-order valence-electron chi connectivity index (χ4n) is 2.89. The van der Waals surface area contributed by atoms with Crippen LogP contribution in [0.4, 0.5) is 4.39 Å². The van der Waals surface area contributed by atoms with Gasteiger partial charge >= 0.3 is 0 Å². The lowest BCUT2D eigenvalue weighted by Gasteiger charge is -2.38. The van der Waals surface area contributed by atoms with Gasteiger partial charge in [-0.1, -0.05) is 6.42 Å². The second-order valence-electron chi connectivity index (χ2n) is 5.37. The molecule has 1 fully saturated rings. The summed E-state index contributed by atoms with van der Waals surface area (Å²) in [5, 5.41) is 0. The first kappa shape index (κ1) is 14.5. The maximum Gasteiger partial charge on any atom is 0.243 e. The molecule has 0 radical (unpaired) electrons.